The largest absolute Gasteiger partial charge is 0.352 e. The fourth-order valence-electron chi connectivity index (χ4n) is 5.01. The molecule has 51 heavy (non-hydrogen) atoms. The zero-order valence-corrected chi connectivity index (χ0v) is 30.9. The lowest BCUT2D eigenvalue weighted by atomic mass is 10.0. The number of primary amides is 1. The number of benzene rings is 1. The predicted molar refractivity (Wildman–Crippen MR) is 200 cm³/mol. The minimum Gasteiger partial charge on any atom is -0.352 e. The molecule has 0 unspecified atom stereocenters. The Bertz CT molecular complexity index is 1170. The Labute approximate surface area is 302 Å². The van der Waals surface area contributed by atoms with E-state index in [-0.39, 0.29) is 44.3 Å². The Kier molecular flexibility index (Phi) is 23.0. The highest BCUT2D eigenvalue weighted by molar-refractivity contribution is 5.77. The molecule has 17 heteroatoms. The van der Waals surface area contributed by atoms with Gasteiger partial charge in [-0.15, -0.1) is 0 Å². The lowest BCUT2D eigenvalue weighted by molar-refractivity contribution is 0.225. The van der Waals surface area contributed by atoms with Gasteiger partial charge in [0.15, 0.2) is 0 Å². The van der Waals surface area contributed by atoms with Gasteiger partial charge >= 0.3 is 30.2 Å². The molecule has 0 saturated carbocycles. The first-order chi connectivity index (χ1) is 24.3. The standard InChI is InChI=1S/C34H64N12O5/c1-23-11-13-27(14-12-23)17-29(46-33(50)40-20-26(4)44-31(48)39-18-24(2)9-5-7-15-35)22-42-34(51)45-28(10-6-8-16-36)21-41-32(49)43-25(3)19-38-30(37)47/h11-14,24-26,28-29H,5-10,15-22,35-36H2,1-4H3,(H3,37,38,47)(H2,39,44,48)(H2,40,46,50)(H2,41,43,49)(H2,42,45,51)/t24-,25-,26-,28-,29-/m0/s1. The fraction of sp³-hybridized carbons (Fsp3) is 0.676. The number of unbranched alkanes of at least 4 members (excludes halogenated alkanes) is 2. The van der Waals surface area contributed by atoms with Crippen molar-refractivity contribution in [3.8, 4) is 0 Å². The van der Waals surface area contributed by atoms with E-state index in [9.17, 15) is 24.0 Å². The van der Waals surface area contributed by atoms with E-state index >= 15 is 0 Å². The van der Waals surface area contributed by atoms with Crippen LogP contribution in [0.15, 0.2) is 24.3 Å². The molecule has 0 aliphatic carbocycles. The first-order valence-electron chi connectivity index (χ1n) is 18.0. The number of hydrogen-bond donors (Lipinski definition) is 12. The van der Waals surface area contributed by atoms with E-state index in [4.69, 9.17) is 17.2 Å². The highest BCUT2D eigenvalue weighted by Crippen LogP contribution is 2.07. The van der Waals surface area contributed by atoms with Gasteiger partial charge in [-0.3, -0.25) is 0 Å². The van der Waals surface area contributed by atoms with Crippen LogP contribution >= 0.6 is 0 Å². The summed E-state index contributed by atoms with van der Waals surface area (Å²) in [5.41, 5.74) is 18.4. The summed E-state index contributed by atoms with van der Waals surface area (Å²) in [7, 11) is 0. The van der Waals surface area contributed by atoms with E-state index in [2.05, 4.69) is 54.8 Å². The van der Waals surface area contributed by atoms with Crippen LogP contribution in [0.25, 0.3) is 0 Å². The van der Waals surface area contributed by atoms with Crippen molar-refractivity contribution in [2.75, 3.05) is 45.8 Å². The van der Waals surface area contributed by atoms with Crippen molar-refractivity contribution in [2.24, 2.45) is 23.1 Å². The smallest absolute Gasteiger partial charge is 0.315 e. The SMILES string of the molecule is Cc1ccc(C[C@@H](CNC(=O)N[C@@H](CCCCN)CNC(=O)N[C@@H](C)CNC(N)=O)NC(=O)NC[C@H](C)NC(=O)NC[C@@H](C)CCCCN)cc1. The molecular weight excluding hydrogens is 656 g/mol. The van der Waals surface area contributed by atoms with Crippen molar-refractivity contribution >= 4 is 30.2 Å². The number of urea groups is 5. The zero-order chi connectivity index (χ0) is 38.0. The summed E-state index contributed by atoms with van der Waals surface area (Å²) in [5.74, 6) is 0.335. The number of rotatable bonds is 24. The van der Waals surface area contributed by atoms with E-state index in [0.717, 1.165) is 43.2 Å². The second-order valence-electron chi connectivity index (χ2n) is 13.2. The number of hydrogen-bond acceptors (Lipinski definition) is 7. The fourth-order valence-corrected chi connectivity index (χ4v) is 5.01. The molecule has 15 N–H and O–H groups in total. The van der Waals surface area contributed by atoms with Crippen LogP contribution in [-0.2, 0) is 6.42 Å². The Balaban J connectivity index is 2.70. The van der Waals surface area contributed by atoms with Crippen molar-refractivity contribution in [1.82, 2.24) is 47.9 Å². The predicted octanol–water partition coefficient (Wildman–Crippen LogP) is 0.811. The summed E-state index contributed by atoms with van der Waals surface area (Å²) < 4.78 is 0. The second kappa shape index (κ2) is 26.3. The highest BCUT2D eigenvalue weighted by atomic mass is 16.2. The van der Waals surface area contributed by atoms with E-state index in [1.807, 2.05) is 31.2 Å². The minimum absolute atomic E-state index is 0.126. The first-order valence-corrected chi connectivity index (χ1v) is 18.0. The molecule has 0 fully saturated rings. The third kappa shape index (κ3) is 23.5. The van der Waals surface area contributed by atoms with Gasteiger partial charge in [0.1, 0.15) is 0 Å². The van der Waals surface area contributed by atoms with Gasteiger partial charge in [0, 0.05) is 50.8 Å². The van der Waals surface area contributed by atoms with Crippen LogP contribution in [0.4, 0.5) is 24.0 Å². The third-order valence-corrected chi connectivity index (χ3v) is 7.97. The van der Waals surface area contributed by atoms with Crippen molar-refractivity contribution in [3.63, 3.8) is 0 Å². The molecule has 0 aliphatic rings. The van der Waals surface area contributed by atoms with Gasteiger partial charge < -0.3 is 65.1 Å². The van der Waals surface area contributed by atoms with Crippen LogP contribution in [0, 0.1) is 12.8 Å². The van der Waals surface area contributed by atoms with Gasteiger partial charge in [-0.05, 0) is 77.4 Å². The molecule has 1 rings (SSSR count). The van der Waals surface area contributed by atoms with E-state index in [1.165, 1.54) is 0 Å². The zero-order valence-electron chi connectivity index (χ0n) is 30.9. The molecule has 5 atom stereocenters. The lowest BCUT2D eigenvalue weighted by Crippen LogP contribution is -2.54. The molecule has 1 aromatic carbocycles. The molecule has 17 nitrogen and oxygen atoms in total. The number of nitrogens with one attached hydrogen (secondary N) is 9. The van der Waals surface area contributed by atoms with Crippen LogP contribution in [0.3, 0.4) is 0 Å². The number of nitrogens with two attached hydrogens (primary N) is 3. The lowest BCUT2D eigenvalue weighted by Gasteiger charge is -2.23. The van der Waals surface area contributed by atoms with Crippen molar-refractivity contribution in [2.45, 2.75) is 96.8 Å². The van der Waals surface area contributed by atoms with Crippen LogP contribution in [0.5, 0.6) is 0 Å². The molecule has 10 amide bonds. The van der Waals surface area contributed by atoms with Crippen molar-refractivity contribution in [1.29, 1.82) is 0 Å². The summed E-state index contributed by atoms with van der Waals surface area (Å²) in [6.07, 6.45) is 5.51. The summed E-state index contributed by atoms with van der Waals surface area (Å²) in [6.45, 7) is 9.94. The van der Waals surface area contributed by atoms with Crippen molar-refractivity contribution in [3.05, 3.63) is 35.4 Å². The van der Waals surface area contributed by atoms with Gasteiger partial charge in [-0.25, -0.2) is 24.0 Å². The maximum atomic E-state index is 13.0. The topological polar surface area (TPSA) is 272 Å². The summed E-state index contributed by atoms with van der Waals surface area (Å²) >= 11 is 0. The number of carbonyl (C=O) groups is 5. The van der Waals surface area contributed by atoms with Crippen LogP contribution in [-0.4, -0.2) is 100 Å². The molecular formula is C34H64N12O5. The second-order valence-corrected chi connectivity index (χ2v) is 13.2. The minimum atomic E-state index is -0.685. The molecule has 290 valence electrons. The third-order valence-electron chi connectivity index (χ3n) is 7.97. The van der Waals surface area contributed by atoms with Crippen molar-refractivity contribution < 1.29 is 24.0 Å². The van der Waals surface area contributed by atoms with E-state index in [0.29, 0.717) is 38.4 Å². The molecule has 0 aliphatic heterocycles. The average Bonchev–Trinajstić information content (AvgIpc) is 3.08. The molecule has 0 radical (unpaired) electrons. The van der Waals surface area contributed by atoms with E-state index < -0.39 is 36.2 Å². The average molecular weight is 721 g/mol. The maximum Gasteiger partial charge on any atom is 0.315 e. The molecule has 0 aromatic heterocycles. The Morgan fingerprint density at radius 1 is 0.569 bits per heavy atom. The molecule has 0 heterocycles. The number of aryl methyl sites for hydroxylation is 1. The number of carbonyl (C=O) groups excluding carboxylic acids is 5. The monoisotopic (exact) mass is 721 g/mol. The van der Waals surface area contributed by atoms with Gasteiger partial charge in [-0.2, -0.15) is 0 Å². The van der Waals surface area contributed by atoms with Crippen LogP contribution in [0.1, 0.15) is 70.4 Å². The van der Waals surface area contributed by atoms with Gasteiger partial charge in [0.05, 0.1) is 6.04 Å². The van der Waals surface area contributed by atoms with Crippen LogP contribution in [0.2, 0.25) is 0 Å². The highest BCUT2D eigenvalue weighted by Gasteiger charge is 2.19. The normalized spacial score (nSPS) is 13.7. The molecule has 0 spiro atoms. The van der Waals surface area contributed by atoms with E-state index in [1.54, 1.807) is 13.8 Å². The van der Waals surface area contributed by atoms with Gasteiger partial charge in [0.2, 0.25) is 0 Å². The Hall–Kier alpha value is -4.51. The van der Waals surface area contributed by atoms with Gasteiger partial charge in [0.25, 0.3) is 0 Å². The molecule has 0 bridgehead atoms. The summed E-state index contributed by atoms with van der Waals surface area (Å²) in [5, 5.41) is 25.1. The van der Waals surface area contributed by atoms with Gasteiger partial charge in [-0.1, -0.05) is 49.6 Å². The molecule has 1 aromatic rings. The Morgan fingerprint density at radius 3 is 1.57 bits per heavy atom. The Morgan fingerprint density at radius 2 is 1.02 bits per heavy atom. The first kappa shape index (κ1) is 44.5. The molecule has 0 saturated heterocycles. The maximum absolute atomic E-state index is 13.0. The summed E-state index contributed by atoms with van der Waals surface area (Å²) in [4.78, 5) is 61.6. The number of amides is 10. The quantitative estimate of drug-likeness (QED) is 0.0683. The van der Waals surface area contributed by atoms with Crippen LogP contribution < -0.4 is 65.1 Å². The summed E-state index contributed by atoms with van der Waals surface area (Å²) in [6, 6.07) is 4.03.